The van der Waals surface area contributed by atoms with Crippen LogP contribution in [0.4, 0.5) is 5.82 Å². The van der Waals surface area contributed by atoms with E-state index in [9.17, 15) is 0 Å². The number of hydrogen-bond acceptors (Lipinski definition) is 4. The summed E-state index contributed by atoms with van der Waals surface area (Å²) in [4.78, 5) is 7.16. The molecule has 3 heterocycles. The van der Waals surface area contributed by atoms with Crippen LogP contribution in [0.15, 0.2) is 65.3 Å². The first-order chi connectivity index (χ1) is 12.4. The third-order valence-electron chi connectivity index (χ3n) is 4.81. The fourth-order valence-electron chi connectivity index (χ4n) is 3.59. The molecule has 4 heteroatoms. The Labute approximate surface area is 145 Å². The van der Waals surface area contributed by atoms with Gasteiger partial charge >= 0.3 is 0 Å². The molecule has 0 N–H and O–H groups in total. The number of benzene rings is 2. The van der Waals surface area contributed by atoms with Crippen molar-refractivity contribution in [3.05, 3.63) is 60.9 Å². The fourth-order valence-corrected chi connectivity index (χ4v) is 3.59. The second kappa shape index (κ2) is 5.90. The number of aromatic nitrogens is 1. The van der Waals surface area contributed by atoms with Gasteiger partial charge in [-0.2, -0.15) is 4.98 Å². The Balaban J connectivity index is 1.79. The Kier molecular flexibility index (Phi) is 3.42. The quantitative estimate of drug-likeness (QED) is 0.543. The van der Waals surface area contributed by atoms with Gasteiger partial charge in [0.15, 0.2) is 0 Å². The molecule has 1 fully saturated rings. The molecule has 124 valence electrons. The molecule has 0 aliphatic carbocycles. The maximum absolute atomic E-state index is 5.87. The molecule has 0 spiro atoms. The van der Waals surface area contributed by atoms with E-state index >= 15 is 0 Å². The van der Waals surface area contributed by atoms with Gasteiger partial charge in [0, 0.05) is 24.0 Å². The maximum atomic E-state index is 5.87. The number of nitrogens with zero attached hydrogens (tertiary/aromatic N) is 2. The van der Waals surface area contributed by atoms with Crippen LogP contribution in [0.3, 0.4) is 0 Å². The molecular formula is C21H18N2O2. The SMILES string of the molecule is c1ccc(-c2coc3nc(N4CCOCC4)c4ccccc4c23)cc1. The number of furan rings is 1. The van der Waals surface area contributed by atoms with E-state index in [1.54, 1.807) is 0 Å². The molecule has 2 aromatic heterocycles. The van der Waals surface area contributed by atoms with Crippen molar-refractivity contribution in [2.45, 2.75) is 0 Å². The summed E-state index contributed by atoms with van der Waals surface area (Å²) in [5, 5.41) is 3.43. The van der Waals surface area contributed by atoms with Crippen LogP contribution < -0.4 is 4.90 Å². The maximum Gasteiger partial charge on any atom is 0.229 e. The van der Waals surface area contributed by atoms with Gasteiger partial charge in [0.1, 0.15) is 12.1 Å². The topological polar surface area (TPSA) is 38.5 Å². The highest BCUT2D eigenvalue weighted by Crippen LogP contribution is 2.38. The fraction of sp³-hybridized carbons (Fsp3) is 0.190. The molecule has 1 aliphatic heterocycles. The minimum absolute atomic E-state index is 0.694. The predicted octanol–water partition coefficient (Wildman–Crippen LogP) is 4.48. The number of morpholine rings is 1. The Bertz CT molecular complexity index is 1030. The average molecular weight is 330 g/mol. The summed E-state index contributed by atoms with van der Waals surface area (Å²) in [6.07, 6.45) is 1.82. The van der Waals surface area contributed by atoms with Crippen LogP contribution >= 0.6 is 0 Å². The molecule has 0 saturated carbocycles. The van der Waals surface area contributed by atoms with Gasteiger partial charge in [-0.25, -0.2) is 0 Å². The van der Waals surface area contributed by atoms with Gasteiger partial charge in [0.05, 0.1) is 18.6 Å². The zero-order chi connectivity index (χ0) is 16.6. The number of anilines is 1. The molecule has 0 amide bonds. The number of hydrogen-bond donors (Lipinski definition) is 0. The zero-order valence-electron chi connectivity index (χ0n) is 13.8. The molecule has 25 heavy (non-hydrogen) atoms. The molecule has 4 nitrogen and oxygen atoms in total. The normalized spacial score (nSPS) is 15.1. The summed E-state index contributed by atoms with van der Waals surface area (Å²) in [6.45, 7) is 3.19. The van der Waals surface area contributed by atoms with Gasteiger partial charge in [0.25, 0.3) is 0 Å². The second-order valence-electron chi connectivity index (χ2n) is 6.28. The van der Waals surface area contributed by atoms with E-state index in [0.29, 0.717) is 5.71 Å². The molecular weight excluding hydrogens is 312 g/mol. The Morgan fingerprint density at radius 3 is 2.36 bits per heavy atom. The number of fused-ring (bicyclic) bond motifs is 3. The van der Waals surface area contributed by atoms with Gasteiger partial charge in [-0.1, -0.05) is 54.6 Å². The Morgan fingerprint density at radius 2 is 1.56 bits per heavy atom. The van der Waals surface area contributed by atoms with E-state index < -0.39 is 0 Å². The van der Waals surface area contributed by atoms with Gasteiger partial charge in [-0.05, 0) is 10.9 Å². The largest absolute Gasteiger partial charge is 0.445 e. The number of rotatable bonds is 2. The van der Waals surface area contributed by atoms with Crippen LogP contribution in [-0.2, 0) is 4.74 Å². The van der Waals surface area contributed by atoms with Crippen molar-refractivity contribution >= 4 is 27.7 Å². The number of ether oxygens (including phenoxy) is 1. The van der Waals surface area contributed by atoms with Crippen molar-refractivity contribution in [3.8, 4) is 11.1 Å². The van der Waals surface area contributed by atoms with Crippen molar-refractivity contribution in [3.63, 3.8) is 0 Å². The lowest BCUT2D eigenvalue weighted by Crippen LogP contribution is -2.36. The van der Waals surface area contributed by atoms with E-state index in [2.05, 4.69) is 41.3 Å². The smallest absolute Gasteiger partial charge is 0.229 e. The summed E-state index contributed by atoms with van der Waals surface area (Å²) in [5.41, 5.74) is 2.93. The summed E-state index contributed by atoms with van der Waals surface area (Å²) < 4.78 is 11.4. The van der Waals surface area contributed by atoms with E-state index in [-0.39, 0.29) is 0 Å². The molecule has 5 rings (SSSR count). The van der Waals surface area contributed by atoms with Crippen molar-refractivity contribution < 1.29 is 9.15 Å². The van der Waals surface area contributed by atoms with Crippen molar-refractivity contribution in [2.75, 3.05) is 31.2 Å². The monoisotopic (exact) mass is 330 g/mol. The van der Waals surface area contributed by atoms with Crippen LogP contribution in [0.25, 0.3) is 33.0 Å². The lowest BCUT2D eigenvalue weighted by molar-refractivity contribution is 0.122. The zero-order valence-corrected chi connectivity index (χ0v) is 13.8. The highest BCUT2D eigenvalue weighted by atomic mass is 16.5. The van der Waals surface area contributed by atoms with Crippen LogP contribution in [0.5, 0.6) is 0 Å². The highest BCUT2D eigenvalue weighted by molar-refractivity contribution is 6.14. The van der Waals surface area contributed by atoms with Crippen LogP contribution in [0, 0.1) is 0 Å². The highest BCUT2D eigenvalue weighted by Gasteiger charge is 2.20. The van der Waals surface area contributed by atoms with Crippen molar-refractivity contribution in [1.82, 2.24) is 4.98 Å². The second-order valence-corrected chi connectivity index (χ2v) is 6.28. The van der Waals surface area contributed by atoms with Crippen molar-refractivity contribution in [1.29, 1.82) is 0 Å². The molecule has 0 radical (unpaired) electrons. The lowest BCUT2D eigenvalue weighted by Gasteiger charge is -2.28. The standard InChI is InChI=1S/C21H18N2O2/c1-2-6-15(7-3-1)18-14-25-21-19(18)16-8-4-5-9-17(16)20(22-21)23-10-12-24-13-11-23/h1-9,14H,10-13H2. The summed E-state index contributed by atoms with van der Waals surface area (Å²) in [7, 11) is 0. The van der Waals surface area contributed by atoms with Gasteiger partial charge in [-0.15, -0.1) is 0 Å². The average Bonchev–Trinajstić information content (AvgIpc) is 3.13. The Hall–Kier alpha value is -2.85. The first-order valence-electron chi connectivity index (χ1n) is 8.60. The summed E-state index contributed by atoms with van der Waals surface area (Å²) in [6, 6.07) is 18.8. The Morgan fingerprint density at radius 1 is 0.840 bits per heavy atom. The minimum atomic E-state index is 0.694. The van der Waals surface area contributed by atoms with Crippen LogP contribution in [0.1, 0.15) is 0 Å². The first-order valence-corrected chi connectivity index (χ1v) is 8.60. The lowest BCUT2D eigenvalue weighted by atomic mass is 10.0. The molecule has 1 saturated heterocycles. The minimum Gasteiger partial charge on any atom is -0.445 e. The van der Waals surface area contributed by atoms with E-state index in [0.717, 1.165) is 54.0 Å². The van der Waals surface area contributed by atoms with Gasteiger partial charge < -0.3 is 14.1 Å². The molecule has 0 bridgehead atoms. The van der Waals surface area contributed by atoms with Crippen molar-refractivity contribution in [2.24, 2.45) is 0 Å². The predicted molar refractivity (Wildman–Crippen MR) is 100.0 cm³/mol. The van der Waals surface area contributed by atoms with E-state index in [1.807, 2.05) is 24.5 Å². The third kappa shape index (κ3) is 2.37. The van der Waals surface area contributed by atoms with Crippen LogP contribution in [-0.4, -0.2) is 31.3 Å². The summed E-state index contributed by atoms with van der Waals surface area (Å²) in [5.74, 6) is 0.986. The van der Waals surface area contributed by atoms with E-state index in [4.69, 9.17) is 14.1 Å². The first kappa shape index (κ1) is 14.5. The number of pyridine rings is 1. The van der Waals surface area contributed by atoms with Gasteiger partial charge in [-0.3, -0.25) is 0 Å². The van der Waals surface area contributed by atoms with Gasteiger partial charge in [0.2, 0.25) is 5.71 Å². The molecule has 0 atom stereocenters. The van der Waals surface area contributed by atoms with Crippen LogP contribution in [0.2, 0.25) is 0 Å². The third-order valence-corrected chi connectivity index (χ3v) is 4.81. The summed E-state index contributed by atoms with van der Waals surface area (Å²) >= 11 is 0. The van der Waals surface area contributed by atoms with E-state index in [1.165, 1.54) is 5.39 Å². The molecule has 4 aromatic rings. The molecule has 1 aliphatic rings. The molecule has 0 unspecified atom stereocenters. The molecule has 2 aromatic carbocycles.